The van der Waals surface area contributed by atoms with Gasteiger partial charge in [-0.1, -0.05) is 22.8 Å². The monoisotopic (exact) mass is 313 g/mol. The Morgan fingerprint density at radius 3 is 2.86 bits per heavy atom. The molecule has 3 N–H and O–H groups in total. The van der Waals surface area contributed by atoms with Crippen LogP contribution in [0.2, 0.25) is 5.02 Å². The molecule has 1 saturated heterocycles. The maximum atomic E-state index is 6.28. The molecule has 2 rings (SSSR count). The molecule has 0 aromatic heterocycles. The topological polar surface area (TPSA) is 78.1 Å². The lowest BCUT2D eigenvalue weighted by molar-refractivity contribution is 0.129. The Morgan fingerprint density at radius 1 is 1.38 bits per heavy atom. The molecule has 0 spiro atoms. The normalized spacial score (nSPS) is 19.8. The van der Waals surface area contributed by atoms with Crippen molar-refractivity contribution in [2.45, 2.75) is 6.61 Å². The molecule has 0 aliphatic carbocycles. The minimum absolute atomic E-state index is 0.242. The Balaban J connectivity index is 2.05. The first kappa shape index (κ1) is 15.9. The van der Waals surface area contributed by atoms with Crippen molar-refractivity contribution in [1.29, 1.82) is 0 Å². The van der Waals surface area contributed by atoms with Crippen LogP contribution in [0, 0.1) is 5.92 Å². The summed E-state index contributed by atoms with van der Waals surface area (Å²) in [7, 11) is 3.11. The summed E-state index contributed by atoms with van der Waals surface area (Å²) in [5.41, 5.74) is 7.40. The third-order valence-electron chi connectivity index (χ3n) is 3.42. The number of hydrogen-bond donors (Lipinski definition) is 2. The van der Waals surface area contributed by atoms with Crippen LogP contribution in [0.4, 0.5) is 0 Å². The molecule has 0 amide bonds. The first-order chi connectivity index (χ1) is 10.2. The van der Waals surface area contributed by atoms with Gasteiger partial charge in [-0.25, -0.2) is 0 Å². The van der Waals surface area contributed by atoms with Gasteiger partial charge in [0.05, 0.1) is 25.0 Å². The van der Waals surface area contributed by atoms with Crippen LogP contribution in [-0.2, 0) is 11.4 Å². The minimum Gasteiger partial charge on any atom is -0.493 e. The summed E-state index contributed by atoms with van der Waals surface area (Å²) >= 11 is 6.28. The van der Waals surface area contributed by atoms with E-state index in [1.165, 1.54) is 0 Å². The Bertz CT molecular complexity index is 522. The zero-order valence-corrected chi connectivity index (χ0v) is 12.9. The zero-order chi connectivity index (χ0) is 15.2. The number of benzene rings is 1. The zero-order valence-electron chi connectivity index (χ0n) is 12.2. The fraction of sp³-hybridized carbons (Fsp3) is 0.500. The molecule has 1 heterocycles. The number of rotatable bonds is 6. The van der Waals surface area contributed by atoms with Crippen molar-refractivity contribution in [3.05, 3.63) is 22.7 Å². The quantitative estimate of drug-likeness (QED) is 0.776. The molecular formula is C14H20ClN3O3. The van der Waals surface area contributed by atoms with E-state index in [0.717, 1.165) is 17.8 Å². The molecule has 21 heavy (non-hydrogen) atoms. The van der Waals surface area contributed by atoms with E-state index in [1.54, 1.807) is 20.3 Å². The molecule has 0 radical (unpaired) electrons. The fourth-order valence-electron chi connectivity index (χ4n) is 2.19. The summed E-state index contributed by atoms with van der Waals surface area (Å²) in [6, 6.07) is 3.62. The van der Waals surface area contributed by atoms with Crippen molar-refractivity contribution in [2.75, 3.05) is 33.9 Å². The molecule has 1 atom stereocenters. The standard InChI is InChI=1S/C14H20ClN3O3/c1-19-12-4-3-9(13(15)14(12)20-2)8-21-18-11-7-17-6-10(11)5-16/h3-4,10,17H,5-8,16H2,1-2H3/b18-11+. The highest BCUT2D eigenvalue weighted by atomic mass is 35.5. The highest BCUT2D eigenvalue weighted by Crippen LogP contribution is 2.37. The number of methoxy groups -OCH3 is 2. The number of halogens is 1. The average Bonchev–Trinajstić information content (AvgIpc) is 2.96. The predicted molar refractivity (Wildman–Crippen MR) is 82.2 cm³/mol. The van der Waals surface area contributed by atoms with E-state index in [-0.39, 0.29) is 12.5 Å². The largest absolute Gasteiger partial charge is 0.493 e. The summed E-state index contributed by atoms with van der Waals surface area (Å²) in [5.74, 6) is 1.32. The Hall–Kier alpha value is -1.50. The van der Waals surface area contributed by atoms with Crippen LogP contribution < -0.4 is 20.5 Å². The lowest BCUT2D eigenvalue weighted by Crippen LogP contribution is -2.22. The van der Waals surface area contributed by atoms with E-state index in [9.17, 15) is 0 Å². The van der Waals surface area contributed by atoms with Gasteiger partial charge in [-0.15, -0.1) is 0 Å². The van der Waals surface area contributed by atoms with Gasteiger partial charge in [0.2, 0.25) is 0 Å². The average molecular weight is 314 g/mol. The van der Waals surface area contributed by atoms with E-state index in [2.05, 4.69) is 10.5 Å². The number of hydrogen-bond acceptors (Lipinski definition) is 6. The van der Waals surface area contributed by atoms with E-state index in [1.807, 2.05) is 6.07 Å². The van der Waals surface area contributed by atoms with Gasteiger partial charge < -0.3 is 25.4 Å². The maximum Gasteiger partial charge on any atom is 0.179 e. The van der Waals surface area contributed by atoms with Gasteiger partial charge >= 0.3 is 0 Å². The molecule has 1 aliphatic heterocycles. The molecule has 7 heteroatoms. The van der Waals surface area contributed by atoms with Crippen LogP contribution >= 0.6 is 11.6 Å². The number of nitrogens with zero attached hydrogens (tertiary/aromatic N) is 1. The molecule has 1 aliphatic rings. The molecule has 1 fully saturated rings. The van der Waals surface area contributed by atoms with Crippen LogP contribution in [-0.4, -0.2) is 39.6 Å². The lowest BCUT2D eigenvalue weighted by atomic mass is 10.1. The number of ether oxygens (including phenoxy) is 2. The number of oxime groups is 1. The van der Waals surface area contributed by atoms with Gasteiger partial charge in [-0.2, -0.15) is 0 Å². The SMILES string of the molecule is COc1ccc(CO/N=C2\CNCC2CN)c(Cl)c1OC. The second-order valence-electron chi connectivity index (χ2n) is 4.69. The summed E-state index contributed by atoms with van der Waals surface area (Å²) in [6.07, 6.45) is 0. The van der Waals surface area contributed by atoms with E-state index in [0.29, 0.717) is 29.6 Å². The van der Waals surface area contributed by atoms with E-state index < -0.39 is 0 Å². The van der Waals surface area contributed by atoms with Crippen molar-refractivity contribution >= 4 is 17.3 Å². The lowest BCUT2D eigenvalue weighted by Gasteiger charge is -2.12. The van der Waals surface area contributed by atoms with E-state index >= 15 is 0 Å². The van der Waals surface area contributed by atoms with Gasteiger partial charge in [-0.3, -0.25) is 0 Å². The molecule has 1 aromatic carbocycles. The highest BCUT2D eigenvalue weighted by molar-refractivity contribution is 6.33. The van der Waals surface area contributed by atoms with Crippen LogP contribution in [0.15, 0.2) is 17.3 Å². The Labute approximate surface area is 129 Å². The van der Waals surface area contributed by atoms with Crippen LogP contribution in [0.25, 0.3) is 0 Å². The van der Waals surface area contributed by atoms with Crippen molar-refractivity contribution < 1.29 is 14.3 Å². The summed E-state index contributed by atoms with van der Waals surface area (Å²) in [5, 5.41) is 7.84. The van der Waals surface area contributed by atoms with Crippen LogP contribution in [0.3, 0.4) is 0 Å². The third kappa shape index (κ3) is 3.58. The predicted octanol–water partition coefficient (Wildman–Crippen LogP) is 1.41. The van der Waals surface area contributed by atoms with Crippen LogP contribution in [0.1, 0.15) is 5.56 Å². The molecular weight excluding hydrogens is 294 g/mol. The van der Waals surface area contributed by atoms with Crippen molar-refractivity contribution in [3.63, 3.8) is 0 Å². The fourth-order valence-corrected chi connectivity index (χ4v) is 2.48. The first-order valence-electron chi connectivity index (χ1n) is 6.70. The van der Waals surface area contributed by atoms with Gasteiger partial charge in [0.25, 0.3) is 0 Å². The van der Waals surface area contributed by atoms with Gasteiger partial charge in [0, 0.05) is 31.1 Å². The highest BCUT2D eigenvalue weighted by Gasteiger charge is 2.21. The molecule has 0 saturated carbocycles. The third-order valence-corrected chi connectivity index (χ3v) is 3.83. The molecule has 0 bridgehead atoms. The van der Waals surface area contributed by atoms with Gasteiger partial charge in [0.1, 0.15) is 6.61 Å². The Morgan fingerprint density at radius 2 is 2.19 bits per heavy atom. The molecule has 6 nitrogen and oxygen atoms in total. The summed E-state index contributed by atoms with van der Waals surface area (Å²) in [6.45, 7) is 2.38. The van der Waals surface area contributed by atoms with E-state index in [4.69, 9.17) is 31.6 Å². The Kier molecular flexibility index (Phi) is 5.67. The van der Waals surface area contributed by atoms with Crippen molar-refractivity contribution in [1.82, 2.24) is 5.32 Å². The second-order valence-corrected chi connectivity index (χ2v) is 5.07. The second kappa shape index (κ2) is 7.49. The van der Waals surface area contributed by atoms with Crippen LogP contribution in [0.5, 0.6) is 11.5 Å². The molecule has 116 valence electrons. The number of nitrogens with two attached hydrogens (primary N) is 1. The maximum absolute atomic E-state index is 6.28. The van der Waals surface area contributed by atoms with Crippen molar-refractivity contribution in [3.8, 4) is 11.5 Å². The van der Waals surface area contributed by atoms with Gasteiger partial charge in [0.15, 0.2) is 11.5 Å². The van der Waals surface area contributed by atoms with Crippen molar-refractivity contribution in [2.24, 2.45) is 16.8 Å². The molecule has 1 aromatic rings. The first-order valence-corrected chi connectivity index (χ1v) is 7.07. The van der Waals surface area contributed by atoms with Gasteiger partial charge in [-0.05, 0) is 6.07 Å². The summed E-state index contributed by atoms with van der Waals surface area (Å²) in [4.78, 5) is 5.40. The smallest absolute Gasteiger partial charge is 0.179 e. The minimum atomic E-state index is 0.242. The summed E-state index contributed by atoms with van der Waals surface area (Å²) < 4.78 is 10.4. The molecule has 1 unspecified atom stereocenters. The number of nitrogens with one attached hydrogen (secondary N) is 1.